The van der Waals surface area contributed by atoms with E-state index in [1.807, 2.05) is 98.8 Å². The normalized spacial score (nSPS) is 16.2. The second-order valence-electron chi connectivity index (χ2n) is 20.5. The third kappa shape index (κ3) is 9.94. The van der Waals surface area contributed by atoms with Gasteiger partial charge < -0.3 is 20.8 Å². The minimum atomic E-state index is -1.72. The minimum absolute atomic E-state index is 0.158. The highest BCUT2D eigenvalue weighted by molar-refractivity contribution is 6.04. The Morgan fingerprint density at radius 3 is 1.31 bits per heavy atom. The number of nitrogens with zero attached hydrogens (tertiary/aromatic N) is 1. The lowest BCUT2D eigenvalue weighted by Crippen LogP contribution is -2.61. The summed E-state index contributed by atoms with van der Waals surface area (Å²) < 4.78 is 0. The van der Waals surface area contributed by atoms with E-state index >= 15 is 4.79 Å². The van der Waals surface area contributed by atoms with Crippen LogP contribution in [0.3, 0.4) is 0 Å². The van der Waals surface area contributed by atoms with Crippen molar-refractivity contribution in [1.82, 2.24) is 4.90 Å². The number of carbonyl (C=O) groups excluding carboxylic acids is 2. The van der Waals surface area contributed by atoms with Gasteiger partial charge in [-0.25, -0.2) is 0 Å². The summed E-state index contributed by atoms with van der Waals surface area (Å²) in [6.07, 6.45) is 3.10. The Balaban J connectivity index is 1.32. The summed E-state index contributed by atoms with van der Waals surface area (Å²) >= 11 is 0. The summed E-state index contributed by atoms with van der Waals surface area (Å²) in [6, 6.07) is 61.9. The lowest BCUT2D eigenvalue weighted by Gasteiger charge is -2.48. The molecule has 1 saturated carbocycles. The first-order valence-electron chi connectivity index (χ1n) is 25.0. The van der Waals surface area contributed by atoms with Gasteiger partial charge in [0.1, 0.15) is 5.41 Å². The number of nitrogens with two attached hydrogens (primary N) is 1. The number of benzene rings is 8. The van der Waals surface area contributed by atoms with Gasteiger partial charge in [-0.2, -0.15) is 0 Å². The Labute approximate surface area is 413 Å². The molecule has 1 fully saturated rings. The molecule has 6 heteroatoms. The monoisotopic (exact) mass is 927 g/mol. The molecular weight excluding hydrogens is 861 g/mol. The zero-order valence-corrected chi connectivity index (χ0v) is 41.1. The second-order valence-corrected chi connectivity index (χ2v) is 20.5. The molecule has 0 aliphatic heterocycles. The Kier molecular flexibility index (Phi) is 13.9. The van der Waals surface area contributed by atoms with Crippen LogP contribution >= 0.6 is 0 Å². The van der Waals surface area contributed by atoms with Gasteiger partial charge in [0.2, 0.25) is 11.8 Å². The number of rotatable bonds is 16. The van der Waals surface area contributed by atoms with Crippen molar-refractivity contribution in [3.05, 3.63) is 238 Å². The van der Waals surface area contributed by atoms with Crippen molar-refractivity contribution in [2.75, 3.05) is 13.1 Å². The summed E-state index contributed by atoms with van der Waals surface area (Å²) in [5, 5.41) is 33.0. The van der Waals surface area contributed by atoms with E-state index in [0.29, 0.717) is 25.7 Å². The van der Waals surface area contributed by atoms with Gasteiger partial charge in [0.25, 0.3) is 0 Å². The van der Waals surface area contributed by atoms with E-state index in [4.69, 9.17) is 5.73 Å². The number of hydrogen-bond donors (Lipinski definition) is 3. The molecule has 0 aromatic heterocycles. The maximum Gasteiger partial charge on any atom is 0.238 e. The quantitative estimate of drug-likeness (QED) is 0.0840. The van der Waals surface area contributed by atoms with Crippen molar-refractivity contribution in [2.45, 2.75) is 95.7 Å². The molecule has 356 valence electrons. The predicted molar refractivity (Wildman–Crippen MR) is 285 cm³/mol. The van der Waals surface area contributed by atoms with Crippen LogP contribution in [-0.2, 0) is 22.4 Å². The molecule has 4 N–H and O–H groups in total. The zero-order chi connectivity index (χ0) is 49.0. The molecule has 6 nitrogen and oxygen atoms in total. The van der Waals surface area contributed by atoms with Crippen molar-refractivity contribution in [3.63, 3.8) is 0 Å². The number of amides is 2. The molecule has 0 heterocycles. The third-order valence-corrected chi connectivity index (χ3v) is 15.1. The van der Waals surface area contributed by atoms with Crippen molar-refractivity contribution in [2.24, 2.45) is 11.1 Å². The number of aliphatic hydroxyl groups is 2. The van der Waals surface area contributed by atoms with Crippen LogP contribution in [0.4, 0.5) is 0 Å². The Morgan fingerprint density at radius 2 is 0.900 bits per heavy atom. The molecule has 70 heavy (non-hydrogen) atoms. The summed E-state index contributed by atoms with van der Waals surface area (Å²) in [5.74, 6) is -2.48. The van der Waals surface area contributed by atoms with E-state index in [2.05, 4.69) is 111 Å². The van der Waals surface area contributed by atoms with Crippen LogP contribution in [-0.4, -0.2) is 51.2 Å². The summed E-state index contributed by atoms with van der Waals surface area (Å²) in [5.41, 5.74) is 11.1. The maximum absolute atomic E-state index is 16.4. The van der Waals surface area contributed by atoms with Crippen LogP contribution in [0.2, 0.25) is 0 Å². The van der Waals surface area contributed by atoms with Gasteiger partial charge >= 0.3 is 0 Å². The highest BCUT2D eigenvalue weighted by Gasteiger charge is 2.53. The van der Waals surface area contributed by atoms with E-state index in [0.717, 1.165) is 83.6 Å². The molecule has 1 aliphatic rings. The Bertz CT molecular complexity index is 2970. The number of carbonyl (C=O) groups is 2. The maximum atomic E-state index is 16.4. The number of aryl methyl sites for hydroxylation is 4. The summed E-state index contributed by atoms with van der Waals surface area (Å²) in [7, 11) is 0. The fourth-order valence-corrected chi connectivity index (χ4v) is 12.0. The van der Waals surface area contributed by atoms with Gasteiger partial charge in [-0.05, 0) is 95.5 Å². The lowest BCUT2D eigenvalue weighted by molar-refractivity contribution is -0.159. The highest BCUT2D eigenvalue weighted by Crippen LogP contribution is 2.47. The van der Waals surface area contributed by atoms with Gasteiger partial charge in [0, 0.05) is 24.7 Å². The second kappa shape index (κ2) is 20.2. The molecule has 0 radical (unpaired) electrons. The predicted octanol–water partition coefficient (Wildman–Crippen LogP) is 12.4. The van der Waals surface area contributed by atoms with Gasteiger partial charge in [-0.1, -0.05) is 224 Å². The van der Waals surface area contributed by atoms with Crippen LogP contribution in [0, 0.1) is 33.1 Å². The molecule has 2 amide bonds. The van der Waals surface area contributed by atoms with E-state index in [1.54, 1.807) is 4.90 Å². The van der Waals surface area contributed by atoms with Gasteiger partial charge in [0.15, 0.2) is 0 Å². The molecule has 0 spiro atoms. The molecule has 1 aliphatic carbocycles. The van der Waals surface area contributed by atoms with Crippen LogP contribution in [0.5, 0.6) is 0 Å². The van der Waals surface area contributed by atoms with Gasteiger partial charge in [0.05, 0.1) is 24.3 Å². The van der Waals surface area contributed by atoms with Crippen LogP contribution in [0.1, 0.15) is 99.6 Å². The first kappa shape index (κ1) is 48.2. The molecule has 0 bridgehead atoms. The average molecular weight is 927 g/mol. The Hall–Kier alpha value is -6.86. The fourth-order valence-electron chi connectivity index (χ4n) is 12.0. The largest absolute Gasteiger partial charge is 0.387 e. The molecule has 8 aromatic carbocycles. The first-order chi connectivity index (χ1) is 33.7. The van der Waals surface area contributed by atoms with Crippen LogP contribution in [0.25, 0.3) is 21.5 Å². The van der Waals surface area contributed by atoms with Crippen LogP contribution < -0.4 is 5.73 Å². The van der Waals surface area contributed by atoms with E-state index in [-0.39, 0.29) is 25.9 Å². The standard InChI is InChI=1S/C64H66N2O4/c1-44-18-12-22-48(36-44)40-63(69,58(52-28-14-20-46(3)38-52)56-32-16-26-50-24-6-8-30-54(50)56)42-66(61(68)62(60(65)67)34-10-5-11-35-62)43-64(70,41-49-23-13-19-45(2)37-49)59(53-29-15-21-47(4)39-53)57-33-17-27-51-25-7-9-31-55(51)57/h6-9,12-33,36-39,58-59,69-70H,5,10-11,34-35,40-43H2,1-4H3,(H2,65,67). The summed E-state index contributed by atoms with van der Waals surface area (Å²) in [6.45, 7) is 7.77. The van der Waals surface area contributed by atoms with E-state index < -0.39 is 40.3 Å². The number of hydrogen-bond acceptors (Lipinski definition) is 4. The molecule has 4 unspecified atom stereocenters. The zero-order valence-electron chi connectivity index (χ0n) is 41.1. The number of fused-ring (bicyclic) bond motifs is 2. The van der Waals surface area contributed by atoms with Crippen molar-refractivity contribution in [3.8, 4) is 0 Å². The molecule has 8 aromatic rings. The van der Waals surface area contributed by atoms with Gasteiger partial charge in [-0.3, -0.25) is 9.59 Å². The molecule has 4 atom stereocenters. The van der Waals surface area contributed by atoms with Crippen molar-refractivity contribution >= 4 is 33.4 Å². The van der Waals surface area contributed by atoms with E-state index in [9.17, 15) is 15.0 Å². The van der Waals surface area contributed by atoms with Crippen LogP contribution in [0.15, 0.2) is 182 Å². The third-order valence-electron chi connectivity index (χ3n) is 15.1. The molecule has 9 rings (SSSR count). The molecule has 0 saturated heterocycles. The topological polar surface area (TPSA) is 104 Å². The van der Waals surface area contributed by atoms with Crippen molar-refractivity contribution in [1.29, 1.82) is 0 Å². The molecular formula is C64H66N2O4. The van der Waals surface area contributed by atoms with Gasteiger partial charge in [-0.15, -0.1) is 0 Å². The Morgan fingerprint density at radius 1 is 0.514 bits per heavy atom. The van der Waals surface area contributed by atoms with E-state index in [1.165, 1.54) is 0 Å². The minimum Gasteiger partial charge on any atom is -0.387 e. The first-order valence-corrected chi connectivity index (χ1v) is 25.0. The van der Waals surface area contributed by atoms with Crippen molar-refractivity contribution < 1.29 is 19.8 Å². The SMILES string of the molecule is Cc1cccc(CC(O)(CN(CC(O)(Cc2cccc(C)c2)C(c2cccc(C)c2)c2cccc3ccccc23)C(=O)C2(C(N)=O)CCCCC2)C(c2cccc(C)c2)c2cccc3ccccc23)c1. The average Bonchev–Trinajstić information content (AvgIpc) is 3.34. The highest BCUT2D eigenvalue weighted by atomic mass is 16.3. The fraction of sp³-hybridized carbons (Fsp3) is 0.281. The summed E-state index contributed by atoms with van der Waals surface area (Å²) in [4.78, 5) is 32.2. The smallest absolute Gasteiger partial charge is 0.238 e. The number of primary amides is 1. The lowest BCUT2D eigenvalue weighted by atomic mass is 9.69.